The first kappa shape index (κ1) is 23.5. The Hall–Kier alpha value is -1.80. The van der Waals surface area contributed by atoms with Crippen molar-refractivity contribution >= 4 is 40.9 Å². The molecule has 3 atom stereocenters. The quantitative estimate of drug-likeness (QED) is 0.389. The van der Waals surface area contributed by atoms with Crippen molar-refractivity contribution in [2.75, 3.05) is 12.0 Å². The first-order valence-electron chi connectivity index (χ1n) is 10.1. The van der Waals surface area contributed by atoms with Gasteiger partial charge >= 0.3 is 0 Å². The second-order valence-electron chi connectivity index (χ2n) is 7.63. The summed E-state index contributed by atoms with van der Waals surface area (Å²) in [7, 11) is 0. The molecule has 6 nitrogen and oxygen atoms in total. The summed E-state index contributed by atoms with van der Waals surface area (Å²) in [4.78, 5) is 25.2. The maximum Gasteiger partial charge on any atom is 0.260 e. The fourth-order valence-corrected chi connectivity index (χ4v) is 4.15. The maximum atomic E-state index is 12.7. The normalized spacial score (nSPS) is 19.7. The number of carbonyl (C=O) groups excluding carboxylic acids is 2. The van der Waals surface area contributed by atoms with E-state index in [0.717, 1.165) is 17.7 Å². The second-order valence-corrected chi connectivity index (χ2v) is 9.03. The van der Waals surface area contributed by atoms with E-state index in [2.05, 4.69) is 28.4 Å². The number of thioether (sulfide) groups is 1. The van der Waals surface area contributed by atoms with Crippen molar-refractivity contribution in [1.29, 1.82) is 0 Å². The minimum Gasteiger partial charge on any atom is -0.358 e. The first-order chi connectivity index (χ1) is 13.9. The van der Waals surface area contributed by atoms with Crippen LogP contribution in [0.25, 0.3) is 0 Å². The third-order valence-corrected chi connectivity index (χ3v) is 6.10. The summed E-state index contributed by atoms with van der Waals surface area (Å²) < 4.78 is 0. The van der Waals surface area contributed by atoms with Crippen LogP contribution in [0.3, 0.4) is 0 Å². The van der Waals surface area contributed by atoms with Gasteiger partial charge < -0.3 is 10.6 Å². The number of benzene rings is 1. The zero-order valence-corrected chi connectivity index (χ0v) is 19.1. The molecule has 0 saturated heterocycles. The van der Waals surface area contributed by atoms with Gasteiger partial charge in [-0.25, -0.2) is 0 Å². The molecule has 29 heavy (non-hydrogen) atoms. The van der Waals surface area contributed by atoms with Crippen molar-refractivity contribution in [2.24, 2.45) is 5.92 Å². The monoisotopic (exact) mass is 436 g/mol. The van der Waals surface area contributed by atoms with Gasteiger partial charge in [-0.05, 0) is 68.5 Å². The molecule has 0 aliphatic heterocycles. The molecule has 1 saturated carbocycles. The van der Waals surface area contributed by atoms with E-state index in [1.807, 2.05) is 31.4 Å². The molecule has 3 unspecified atom stereocenters. The Balaban J connectivity index is 1.88. The number of carbonyl (C=O) groups is 2. The van der Waals surface area contributed by atoms with E-state index in [0.29, 0.717) is 29.1 Å². The Labute approximate surface area is 183 Å². The zero-order valence-electron chi connectivity index (χ0n) is 17.4. The van der Waals surface area contributed by atoms with Gasteiger partial charge in [-0.1, -0.05) is 37.5 Å². The van der Waals surface area contributed by atoms with Crippen LogP contribution in [-0.4, -0.2) is 41.0 Å². The molecule has 1 fully saturated rings. The molecule has 0 bridgehead atoms. The van der Waals surface area contributed by atoms with E-state index < -0.39 is 6.04 Å². The van der Waals surface area contributed by atoms with Gasteiger partial charge in [0.25, 0.3) is 11.8 Å². The molecule has 1 aromatic rings. The summed E-state index contributed by atoms with van der Waals surface area (Å²) in [5.74, 6) is 0.754. The summed E-state index contributed by atoms with van der Waals surface area (Å²) in [6, 6.07) is 7.00. The third kappa shape index (κ3) is 7.85. The van der Waals surface area contributed by atoms with Crippen molar-refractivity contribution < 1.29 is 9.59 Å². The van der Waals surface area contributed by atoms with Crippen LogP contribution < -0.4 is 21.5 Å². The molecule has 0 aromatic heterocycles. The number of rotatable bonds is 7. The molecule has 8 heteroatoms. The number of hydrazine groups is 1. The number of thiocarbonyl (C=S) groups is 1. The molecule has 0 radical (unpaired) electrons. The minimum absolute atomic E-state index is 0.258. The van der Waals surface area contributed by atoms with E-state index in [1.54, 1.807) is 17.8 Å². The molecule has 0 spiro atoms. The molecular formula is C21H32N4O2S2. The summed E-state index contributed by atoms with van der Waals surface area (Å²) >= 11 is 6.96. The highest BCUT2D eigenvalue weighted by molar-refractivity contribution is 7.98. The average molecular weight is 437 g/mol. The summed E-state index contributed by atoms with van der Waals surface area (Å²) in [5.41, 5.74) is 6.98. The van der Waals surface area contributed by atoms with Crippen LogP contribution in [0.15, 0.2) is 24.3 Å². The Morgan fingerprint density at radius 3 is 2.69 bits per heavy atom. The van der Waals surface area contributed by atoms with Gasteiger partial charge in [-0.2, -0.15) is 11.8 Å². The summed E-state index contributed by atoms with van der Waals surface area (Å²) in [6.45, 7) is 4.15. The van der Waals surface area contributed by atoms with Gasteiger partial charge in [0.1, 0.15) is 6.04 Å². The third-order valence-electron chi connectivity index (χ3n) is 5.24. The lowest BCUT2D eigenvalue weighted by molar-refractivity contribution is -0.123. The van der Waals surface area contributed by atoms with Gasteiger partial charge in [0.15, 0.2) is 5.11 Å². The number of aryl methyl sites for hydroxylation is 1. The van der Waals surface area contributed by atoms with Gasteiger partial charge in [0, 0.05) is 11.6 Å². The highest BCUT2D eigenvalue weighted by Gasteiger charge is 2.23. The summed E-state index contributed by atoms with van der Waals surface area (Å²) in [5, 5.41) is 6.54. The van der Waals surface area contributed by atoms with E-state index in [1.165, 1.54) is 19.3 Å². The second kappa shape index (κ2) is 12.0. The van der Waals surface area contributed by atoms with Crippen LogP contribution in [0.1, 0.15) is 54.9 Å². The van der Waals surface area contributed by atoms with Crippen LogP contribution in [0.5, 0.6) is 0 Å². The number of nitrogens with one attached hydrogen (secondary N) is 4. The van der Waals surface area contributed by atoms with E-state index >= 15 is 0 Å². The number of hydrogen-bond acceptors (Lipinski definition) is 4. The SMILES string of the molecule is CSCCC(NC(=O)c1cccc(C)c1)C(=O)NNC(=S)NC1CCCCC1C. The lowest BCUT2D eigenvalue weighted by Gasteiger charge is -2.30. The number of amides is 2. The average Bonchev–Trinajstić information content (AvgIpc) is 2.70. The molecule has 1 aromatic carbocycles. The van der Waals surface area contributed by atoms with Gasteiger partial charge in [0.2, 0.25) is 0 Å². The predicted molar refractivity (Wildman–Crippen MR) is 124 cm³/mol. The molecule has 1 aliphatic carbocycles. The molecule has 2 amide bonds. The minimum atomic E-state index is -0.639. The van der Waals surface area contributed by atoms with Crippen molar-refractivity contribution in [3.05, 3.63) is 35.4 Å². The predicted octanol–water partition coefficient (Wildman–Crippen LogP) is 2.92. The fourth-order valence-electron chi connectivity index (χ4n) is 3.47. The Kier molecular flexibility index (Phi) is 9.73. The first-order valence-corrected chi connectivity index (χ1v) is 11.9. The Morgan fingerprint density at radius 2 is 2.00 bits per heavy atom. The molecule has 160 valence electrons. The molecule has 0 heterocycles. The molecule has 2 rings (SSSR count). The summed E-state index contributed by atoms with van der Waals surface area (Å²) in [6.07, 6.45) is 7.23. The van der Waals surface area contributed by atoms with Crippen LogP contribution in [0.4, 0.5) is 0 Å². The standard InChI is InChI=1S/C21H32N4O2S2/c1-14-7-6-9-16(13-14)19(26)22-18(11-12-29-3)20(27)24-25-21(28)23-17-10-5-4-8-15(17)2/h6-7,9,13,15,17-18H,4-5,8,10-12H2,1-3H3,(H,22,26)(H,24,27)(H2,23,25,28). The fraction of sp³-hybridized carbons (Fsp3) is 0.571. The largest absolute Gasteiger partial charge is 0.358 e. The van der Waals surface area contributed by atoms with Crippen LogP contribution in [0.2, 0.25) is 0 Å². The smallest absolute Gasteiger partial charge is 0.260 e. The molecular weight excluding hydrogens is 404 g/mol. The molecule has 1 aliphatic rings. The highest BCUT2D eigenvalue weighted by atomic mass is 32.2. The van der Waals surface area contributed by atoms with Gasteiger partial charge in [-0.3, -0.25) is 20.4 Å². The van der Waals surface area contributed by atoms with Crippen molar-refractivity contribution in [2.45, 2.75) is 58.0 Å². The molecule has 4 N–H and O–H groups in total. The van der Waals surface area contributed by atoms with Gasteiger partial charge in [0.05, 0.1) is 0 Å². The Bertz CT molecular complexity index is 714. The lowest BCUT2D eigenvalue weighted by atomic mass is 9.86. The van der Waals surface area contributed by atoms with Crippen molar-refractivity contribution in [3.8, 4) is 0 Å². The van der Waals surface area contributed by atoms with E-state index in [9.17, 15) is 9.59 Å². The number of hydrogen-bond donors (Lipinski definition) is 4. The van der Waals surface area contributed by atoms with Gasteiger partial charge in [-0.15, -0.1) is 0 Å². The van der Waals surface area contributed by atoms with Crippen molar-refractivity contribution in [1.82, 2.24) is 21.5 Å². The van der Waals surface area contributed by atoms with Crippen molar-refractivity contribution in [3.63, 3.8) is 0 Å². The van der Waals surface area contributed by atoms with E-state index in [-0.39, 0.29) is 11.8 Å². The Morgan fingerprint density at radius 1 is 1.24 bits per heavy atom. The topological polar surface area (TPSA) is 82.3 Å². The zero-order chi connectivity index (χ0) is 21.2. The van der Waals surface area contributed by atoms with E-state index in [4.69, 9.17) is 12.2 Å². The van der Waals surface area contributed by atoms with Crippen LogP contribution >= 0.6 is 24.0 Å². The lowest BCUT2D eigenvalue weighted by Crippen LogP contribution is -2.56. The van der Waals surface area contributed by atoms with Crippen LogP contribution in [-0.2, 0) is 4.79 Å². The maximum absolute atomic E-state index is 12.7. The highest BCUT2D eigenvalue weighted by Crippen LogP contribution is 2.23. The van der Waals surface area contributed by atoms with Crippen LogP contribution in [0, 0.1) is 12.8 Å².